The lowest BCUT2D eigenvalue weighted by molar-refractivity contribution is 0.0952. The molecule has 0 amide bonds. The molecule has 5 heteroatoms. The fourth-order valence-corrected chi connectivity index (χ4v) is 3.91. The van der Waals surface area contributed by atoms with E-state index in [1.165, 1.54) is 22.3 Å². The van der Waals surface area contributed by atoms with Crippen LogP contribution in [0.25, 0.3) is 28.6 Å². The fraction of sp³-hybridized carbons (Fsp3) is 0.148. The van der Waals surface area contributed by atoms with Crippen LogP contribution in [0, 0.1) is 13.8 Å². The number of nitrogens with one attached hydrogen (secondary N) is 1. The number of pyridine rings is 1. The Bertz CT molecular complexity index is 1300. The van der Waals surface area contributed by atoms with Crippen molar-refractivity contribution in [3.8, 4) is 22.5 Å². The van der Waals surface area contributed by atoms with Crippen molar-refractivity contribution in [2.45, 2.75) is 20.4 Å². The quantitative estimate of drug-likeness (QED) is 0.438. The number of imidazole rings is 1. The Morgan fingerprint density at radius 1 is 0.938 bits per heavy atom. The van der Waals surface area contributed by atoms with Gasteiger partial charge in [-0.2, -0.15) is 0 Å². The van der Waals surface area contributed by atoms with Gasteiger partial charge in [-0.25, -0.2) is 4.98 Å². The first-order chi connectivity index (χ1) is 15.6. The molecular formula is C27H24N4O. The molecule has 158 valence electrons. The fourth-order valence-electron chi connectivity index (χ4n) is 3.91. The third-order valence-corrected chi connectivity index (χ3v) is 5.96. The molecule has 32 heavy (non-hydrogen) atoms. The van der Waals surface area contributed by atoms with Crippen molar-refractivity contribution in [1.29, 1.82) is 0 Å². The lowest BCUT2D eigenvalue weighted by Gasteiger charge is -2.21. The van der Waals surface area contributed by atoms with Crippen LogP contribution in [0.15, 0.2) is 73.2 Å². The van der Waals surface area contributed by atoms with Crippen LogP contribution in [-0.2, 0) is 6.54 Å². The molecule has 0 spiro atoms. The highest BCUT2D eigenvalue weighted by molar-refractivity contribution is 5.97. The molecule has 2 aromatic carbocycles. The van der Waals surface area contributed by atoms with E-state index in [1.807, 2.05) is 17.2 Å². The van der Waals surface area contributed by atoms with E-state index in [1.54, 1.807) is 24.5 Å². The molecule has 0 radical (unpaired) electrons. The van der Waals surface area contributed by atoms with E-state index in [-0.39, 0.29) is 5.78 Å². The standard InChI is InChI=1S/C27H24N4O/c1-18-3-4-23(15-19(18)2)20-5-7-22(8-6-20)27-29-24-11-14-31(16-25(24)30-27)17-26(32)21-9-12-28-13-10-21/h3-15H,16-17H2,1-2H3,(H,29,30). The number of rotatable bonds is 5. The van der Waals surface area contributed by atoms with Crippen LogP contribution in [0.1, 0.15) is 32.9 Å². The molecule has 1 aliphatic rings. The third kappa shape index (κ3) is 3.97. The smallest absolute Gasteiger partial charge is 0.182 e. The summed E-state index contributed by atoms with van der Waals surface area (Å²) in [6, 6.07) is 18.5. The Balaban J connectivity index is 1.31. The number of fused-ring (bicyclic) bond motifs is 1. The van der Waals surface area contributed by atoms with E-state index in [4.69, 9.17) is 4.98 Å². The molecule has 5 nitrogen and oxygen atoms in total. The lowest BCUT2D eigenvalue weighted by atomic mass is 9.99. The average Bonchev–Trinajstić information content (AvgIpc) is 3.25. The number of ketones is 1. The molecule has 4 aromatic rings. The van der Waals surface area contributed by atoms with Crippen LogP contribution in [0.2, 0.25) is 0 Å². The van der Waals surface area contributed by atoms with Gasteiger partial charge in [0.25, 0.3) is 0 Å². The first-order valence-corrected chi connectivity index (χ1v) is 10.7. The summed E-state index contributed by atoms with van der Waals surface area (Å²) in [5.74, 6) is 0.909. The number of aromatic amines is 1. The van der Waals surface area contributed by atoms with Gasteiger partial charge in [0.1, 0.15) is 5.82 Å². The first-order valence-electron chi connectivity index (χ1n) is 10.7. The Kier molecular flexibility index (Phi) is 5.15. The number of carbonyl (C=O) groups is 1. The second kappa shape index (κ2) is 8.27. The summed E-state index contributed by atoms with van der Waals surface area (Å²) < 4.78 is 0. The predicted molar refractivity (Wildman–Crippen MR) is 127 cm³/mol. The highest BCUT2D eigenvalue weighted by Crippen LogP contribution is 2.27. The van der Waals surface area contributed by atoms with E-state index in [0.717, 1.165) is 22.8 Å². The Morgan fingerprint density at radius 3 is 2.41 bits per heavy atom. The van der Waals surface area contributed by atoms with Gasteiger partial charge in [0.15, 0.2) is 5.78 Å². The largest absolute Gasteiger partial charge is 0.364 e. The number of Topliss-reactive ketones (excluding diaryl/α,β-unsaturated/α-hetero) is 1. The summed E-state index contributed by atoms with van der Waals surface area (Å²) in [5.41, 5.74) is 8.66. The van der Waals surface area contributed by atoms with Gasteiger partial charge in [-0.1, -0.05) is 42.5 Å². The molecule has 0 bridgehead atoms. The zero-order chi connectivity index (χ0) is 22.1. The van der Waals surface area contributed by atoms with Crippen LogP contribution in [0.5, 0.6) is 0 Å². The molecule has 0 atom stereocenters. The van der Waals surface area contributed by atoms with Crippen LogP contribution in [0.4, 0.5) is 0 Å². The van der Waals surface area contributed by atoms with E-state index >= 15 is 0 Å². The van der Waals surface area contributed by atoms with E-state index < -0.39 is 0 Å². The van der Waals surface area contributed by atoms with Crippen LogP contribution in [0.3, 0.4) is 0 Å². The molecule has 1 aliphatic heterocycles. The van der Waals surface area contributed by atoms with Crippen molar-refractivity contribution < 1.29 is 4.79 Å². The number of carbonyl (C=O) groups excluding carboxylic acids is 1. The van der Waals surface area contributed by atoms with Crippen LogP contribution in [-0.4, -0.2) is 32.2 Å². The maximum Gasteiger partial charge on any atom is 0.182 e. The van der Waals surface area contributed by atoms with Gasteiger partial charge in [-0.15, -0.1) is 0 Å². The number of nitrogens with zero attached hydrogens (tertiary/aromatic N) is 3. The maximum absolute atomic E-state index is 12.5. The van der Waals surface area contributed by atoms with Crippen molar-refractivity contribution in [2.24, 2.45) is 0 Å². The molecule has 2 aromatic heterocycles. The van der Waals surface area contributed by atoms with Crippen molar-refractivity contribution in [3.63, 3.8) is 0 Å². The molecule has 3 heterocycles. The molecule has 0 saturated carbocycles. The van der Waals surface area contributed by atoms with E-state index in [2.05, 4.69) is 66.3 Å². The van der Waals surface area contributed by atoms with E-state index in [9.17, 15) is 4.79 Å². The Hall–Kier alpha value is -3.99. The predicted octanol–water partition coefficient (Wildman–Crippen LogP) is 5.42. The molecule has 0 saturated heterocycles. The number of hydrogen-bond acceptors (Lipinski definition) is 4. The maximum atomic E-state index is 12.5. The summed E-state index contributed by atoms with van der Waals surface area (Å²) in [5, 5.41) is 0. The second-order valence-corrected chi connectivity index (χ2v) is 8.20. The van der Waals surface area contributed by atoms with Crippen molar-refractivity contribution in [2.75, 3.05) is 6.54 Å². The SMILES string of the molecule is Cc1ccc(-c2ccc(-c3nc4c([nH]3)C=CN(CC(=O)c3ccncc3)C4)cc2)cc1C. The normalized spacial score (nSPS) is 12.6. The summed E-state index contributed by atoms with van der Waals surface area (Å²) in [4.78, 5) is 26.7. The lowest BCUT2D eigenvalue weighted by Crippen LogP contribution is -2.26. The summed E-state index contributed by atoms with van der Waals surface area (Å²) in [6.45, 7) is 5.18. The topological polar surface area (TPSA) is 61.9 Å². The van der Waals surface area contributed by atoms with Crippen molar-refractivity contribution in [3.05, 3.63) is 101 Å². The third-order valence-electron chi connectivity index (χ3n) is 5.96. The van der Waals surface area contributed by atoms with Gasteiger partial charge < -0.3 is 9.88 Å². The van der Waals surface area contributed by atoms with Gasteiger partial charge in [0, 0.05) is 29.7 Å². The minimum absolute atomic E-state index is 0.0678. The second-order valence-electron chi connectivity index (χ2n) is 8.20. The van der Waals surface area contributed by atoms with Crippen LogP contribution < -0.4 is 0 Å². The van der Waals surface area contributed by atoms with E-state index in [0.29, 0.717) is 18.7 Å². The highest BCUT2D eigenvalue weighted by atomic mass is 16.1. The Labute approximate surface area is 187 Å². The van der Waals surface area contributed by atoms with Gasteiger partial charge in [0.05, 0.1) is 24.5 Å². The minimum Gasteiger partial charge on any atom is -0.364 e. The molecule has 0 fully saturated rings. The molecule has 5 rings (SSSR count). The number of aryl methyl sites for hydroxylation is 2. The van der Waals surface area contributed by atoms with Crippen molar-refractivity contribution in [1.82, 2.24) is 19.9 Å². The first kappa shape index (κ1) is 19.9. The van der Waals surface area contributed by atoms with Gasteiger partial charge in [-0.3, -0.25) is 9.78 Å². The Morgan fingerprint density at radius 2 is 1.66 bits per heavy atom. The summed E-state index contributed by atoms with van der Waals surface area (Å²) in [7, 11) is 0. The molecule has 0 aliphatic carbocycles. The molecule has 1 N–H and O–H groups in total. The minimum atomic E-state index is 0.0678. The van der Waals surface area contributed by atoms with Crippen molar-refractivity contribution >= 4 is 11.9 Å². The average molecular weight is 421 g/mol. The summed E-state index contributed by atoms with van der Waals surface area (Å²) in [6.07, 6.45) is 7.22. The van der Waals surface area contributed by atoms with Crippen LogP contribution >= 0.6 is 0 Å². The summed E-state index contributed by atoms with van der Waals surface area (Å²) >= 11 is 0. The zero-order valence-corrected chi connectivity index (χ0v) is 18.2. The number of H-pyrrole nitrogens is 1. The number of benzene rings is 2. The highest BCUT2D eigenvalue weighted by Gasteiger charge is 2.18. The number of hydrogen-bond donors (Lipinski definition) is 1. The zero-order valence-electron chi connectivity index (χ0n) is 18.2. The molecule has 0 unspecified atom stereocenters. The van der Waals surface area contributed by atoms with Gasteiger partial charge in [-0.05, 0) is 54.3 Å². The van der Waals surface area contributed by atoms with Gasteiger partial charge >= 0.3 is 0 Å². The van der Waals surface area contributed by atoms with Gasteiger partial charge in [0.2, 0.25) is 0 Å². The number of aromatic nitrogens is 3. The monoisotopic (exact) mass is 420 g/mol. The molecular weight excluding hydrogens is 396 g/mol.